The Morgan fingerprint density at radius 2 is 2.11 bits per heavy atom. The number of amides is 2. The van der Waals surface area contributed by atoms with Gasteiger partial charge in [0.25, 0.3) is 0 Å². The molecule has 0 spiro atoms. The number of piperazine rings is 1. The average molecular weight is 268 g/mol. The second kappa shape index (κ2) is 5.23. The molecule has 18 heavy (non-hydrogen) atoms. The Labute approximate surface area is 100 Å². The van der Waals surface area contributed by atoms with E-state index in [9.17, 15) is 27.6 Å². The number of halogens is 3. The fourth-order valence-corrected chi connectivity index (χ4v) is 1.56. The van der Waals surface area contributed by atoms with Gasteiger partial charge in [-0.05, 0) is 0 Å². The summed E-state index contributed by atoms with van der Waals surface area (Å²) in [4.78, 5) is 33.9. The Kier molecular flexibility index (Phi) is 4.15. The molecule has 1 N–H and O–H groups in total. The van der Waals surface area contributed by atoms with Gasteiger partial charge in [-0.3, -0.25) is 14.4 Å². The van der Waals surface area contributed by atoms with Gasteiger partial charge in [0.05, 0.1) is 13.5 Å². The van der Waals surface area contributed by atoms with Gasteiger partial charge < -0.3 is 15.0 Å². The van der Waals surface area contributed by atoms with E-state index in [1.165, 1.54) is 0 Å². The van der Waals surface area contributed by atoms with Crippen LogP contribution in [0.25, 0.3) is 0 Å². The predicted molar refractivity (Wildman–Crippen MR) is 51.2 cm³/mol. The number of alkyl halides is 3. The number of carbonyl (C=O) groups is 3. The summed E-state index contributed by atoms with van der Waals surface area (Å²) >= 11 is 0. The minimum Gasteiger partial charge on any atom is -0.469 e. The summed E-state index contributed by atoms with van der Waals surface area (Å²) in [6.45, 7) is -0.385. The highest BCUT2D eigenvalue weighted by atomic mass is 19.4. The second-order valence-electron chi connectivity index (χ2n) is 3.58. The van der Waals surface area contributed by atoms with Crippen LogP contribution in [-0.4, -0.2) is 55.1 Å². The number of ether oxygens (including phenoxy) is 1. The van der Waals surface area contributed by atoms with E-state index in [0.29, 0.717) is 4.90 Å². The number of hydrogen-bond acceptors (Lipinski definition) is 4. The third-order valence-corrected chi connectivity index (χ3v) is 2.42. The minimum absolute atomic E-state index is 0.0850. The van der Waals surface area contributed by atoms with Crippen LogP contribution in [-0.2, 0) is 19.1 Å². The van der Waals surface area contributed by atoms with E-state index in [2.05, 4.69) is 10.1 Å². The zero-order valence-electron chi connectivity index (χ0n) is 9.41. The van der Waals surface area contributed by atoms with Crippen LogP contribution in [0.4, 0.5) is 13.2 Å². The molecule has 1 rings (SSSR count). The number of nitrogens with zero attached hydrogens (tertiary/aromatic N) is 1. The molecule has 0 radical (unpaired) electrons. The first-order valence-corrected chi connectivity index (χ1v) is 4.99. The first kappa shape index (κ1) is 14.3. The molecule has 0 aliphatic carbocycles. The van der Waals surface area contributed by atoms with Gasteiger partial charge in [0.2, 0.25) is 5.91 Å². The monoisotopic (exact) mass is 268 g/mol. The highest BCUT2D eigenvalue weighted by Gasteiger charge is 2.47. The molecule has 0 aromatic carbocycles. The summed E-state index contributed by atoms with van der Waals surface area (Å²) in [5, 5.41) is 2.29. The van der Waals surface area contributed by atoms with E-state index < -0.39 is 36.4 Å². The van der Waals surface area contributed by atoms with Crippen LogP contribution in [0.2, 0.25) is 0 Å². The lowest BCUT2D eigenvalue weighted by atomic mass is 10.1. The number of esters is 1. The van der Waals surface area contributed by atoms with E-state index in [1.807, 2.05) is 0 Å². The largest absolute Gasteiger partial charge is 0.471 e. The molecule has 1 fully saturated rings. The Balaban J connectivity index is 2.88. The van der Waals surface area contributed by atoms with Crippen molar-refractivity contribution in [1.29, 1.82) is 0 Å². The smallest absolute Gasteiger partial charge is 0.469 e. The third-order valence-electron chi connectivity index (χ3n) is 2.42. The number of nitrogens with one attached hydrogen (secondary N) is 1. The Morgan fingerprint density at radius 3 is 2.61 bits per heavy atom. The molecule has 102 valence electrons. The molecule has 1 saturated heterocycles. The van der Waals surface area contributed by atoms with Gasteiger partial charge in [-0.1, -0.05) is 0 Å². The van der Waals surface area contributed by atoms with Gasteiger partial charge in [0.15, 0.2) is 0 Å². The van der Waals surface area contributed by atoms with Gasteiger partial charge in [-0.25, -0.2) is 0 Å². The molecule has 0 unspecified atom stereocenters. The van der Waals surface area contributed by atoms with Crippen LogP contribution in [0.15, 0.2) is 0 Å². The van der Waals surface area contributed by atoms with Crippen LogP contribution in [0.5, 0.6) is 0 Å². The van der Waals surface area contributed by atoms with E-state index in [-0.39, 0.29) is 13.1 Å². The molecule has 1 heterocycles. The van der Waals surface area contributed by atoms with Crippen LogP contribution >= 0.6 is 0 Å². The third kappa shape index (κ3) is 3.11. The van der Waals surface area contributed by atoms with Gasteiger partial charge >= 0.3 is 18.1 Å². The second-order valence-corrected chi connectivity index (χ2v) is 3.58. The molecule has 0 bridgehead atoms. The van der Waals surface area contributed by atoms with Gasteiger partial charge in [0, 0.05) is 13.1 Å². The van der Waals surface area contributed by atoms with Gasteiger partial charge in [-0.2, -0.15) is 13.2 Å². The molecule has 1 aliphatic heterocycles. The fraction of sp³-hybridized carbons (Fsp3) is 0.667. The van der Waals surface area contributed by atoms with Crippen molar-refractivity contribution in [2.75, 3.05) is 20.2 Å². The molecular formula is C9H11F3N2O4. The Hall–Kier alpha value is -1.80. The van der Waals surface area contributed by atoms with E-state index in [4.69, 9.17) is 0 Å². The van der Waals surface area contributed by atoms with Crippen molar-refractivity contribution >= 4 is 17.8 Å². The zero-order chi connectivity index (χ0) is 13.9. The average Bonchev–Trinajstić information content (AvgIpc) is 2.29. The first-order valence-electron chi connectivity index (χ1n) is 4.99. The maximum Gasteiger partial charge on any atom is 0.471 e. The highest BCUT2D eigenvalue weighted by Crippen LogP contribution is 2.22. The van der Waals surface area contributed by atoms with Crippen LogP contribution in [0.1, 0.15) is 6.42 Å². The summed E-state index contributed by atoms with van der Waals surface area (Å²) in [6.07, 6.45) is -5.68. The number of methoxy groups -OCH3 is 1. The predicted octanol–water partition coefficient (Wildman–Crippen LogP) is -0.561. The minimum atomic E-state index is -5.08. The summed E-state index contributed by atoms with van der Waals surface area (Å²) in [5.74, 6) is -3.80. The Bertz CT molecular complexity index is 369. The van der Waals surface area contributed by atoms with Crippen molar-refractivity contribution in [3.05, 3.63) is 0 Å². The maximum atomic E-state index is 12.3. The number of hydrogen-bond donors (Lipinski definition) is 1. The molecule has 6 nitrogen and oxygen atoms in total. The number of carbonyl (C=O) groups excluding carboxylic acids is 3. The highest BCUT2D eigenvalue weighted by molar-refractivity contribution is 5.93. The molecule has 0 aromatic heterocycles. The molecular weight excluding hydrogens is 257 g/mol. The van der Waals surface area contributed by atoms with Crippen molar-refractivity contribution in [3.63, 3.8) is 0 Å². The van der Waals surface area contributed by atoms with Crippen molar-refractivity contribution in [2.24, 2.45) is 0 Å². The van der Waals surface area contributed by atoms with Gasteiger partial charge in [-0.15, -0.1) is 0 Å². The fourth-order valence-electron chi connectivity index (χ4n) is 1.56. The van der Waals surface area contributed by atoms with Crippen LogP contribution < -0.4 is 5.32 Å². The molecule has 9 heteroatoms. The number of rotatable bonds is 2. The molecule has 0 aromatic rings. The van der Waals surface area contributed by atoms with E-state index in [0.717, 1.165) is 7.11 Å². The van der Waals surface area contributed by atoms with Crippen LogP contribution in [0, 0.1) is 0 Å². The van der Waals surface area contributed by atoms with Crippen molar-refractivity contribution < 1.29 is 32.3 Å². The molecule has 0 saturated carbocycles. The van der Waals surface area contributed by atoms with Crippen LogP contribution in [0.3, 0.4) is 0 Å². The summed E-state index contributed by atoms with van der Waals surface area (Å²) in [6, 6.07) is -1.49. The van der Waals surface area contributed by atoms with Crippen molar-refractivity contribution in [2.45, 2.75) is 18.6 Å². The summed E-state index contributed by atoms with van der Waals surface area (Å²) < 4.78 is 41.2. The molecule has 1 aliphatic rings. The normalized spacial score (nSPS) is 20.3. The molecule has 1 atom stereocenters. The van der Waals surface area contributed by atoms with Crippen molar-refractivity contribution in [3.8, 4) is 0 Å². The molecule has 2 amide bonds. The topological polar surface area (TPSA) is 75.7 Å². The Morgan fingerprint density at radius 1 is 1.50 bits per heavy atom. The summed E-state index contributed by atoms with van der Waals surface area (Å²) in [7, 11) is 1.04. The summed E-state index contributed by atoms with van der Waals surface area (Å²) in [5.41, 5.74) is 0. The lowest BCUT2D eigenvalue weighted by molar-refractivity contribution is -0.190. The van der Waals surface area contributed by atoms with Crippen molar-refractivity contribution in [1.82, 2.24) is 10.2 Å². The lowest BCUT2D eigenvalue weighted by Crippen LogP contribution is -2.60. The quantitative estimate of drug-likeness (QED) is 0.681. The SMILES string of the molecule is COC(=O)C[C@H]1C(=O)NCCN1C(=O)C(F)(F)F. The standard InChI is InChI=1S/C9H11F3N2O4/c1-18-6(15)4-5-7(16)13-2-3-14(5)8(17)9(10,11)12/h5H,2-4H2,1H3,(H,13,16)/t5-/m0/s1. The van der Waals surface area contributed by atoms with Gasteiger partial charge in [0.1, 0.15) is 6.04 Å². The maximum absolute atomic E-state index is 12.3. The van der Waals surface area contributed by atoms with E-state index >= 15 is 0 Å². The lowest BCUT2D eigenvalue weighted by Gasteiger charge is -2.34. The zero-order valence-corrected chi connectivity index (χ0v) is 9.41. The van der Waals surface area contributed by atoms with E-state index in [1.54, 1.807) is 0 Å². The first-order chi connectivity index (χ1) is 8.27.